The third-order valence-corrected chi connectivity index (χ3v) is 5.59. The van der Waals surface area contributed by atoms with Crippen LogP contribution in [0.15, 0.2) is 24.5 Å². The van der Waals surface area contributed by atoms with Gasteiger partial charge < -0.3 is 15.8 Å². The summed E-state index contributed by atoms with van der Waals surface area (Å²) in [4.78, 5) is 17.0. The lowest BCUT2D eigenvalue weighted by atomic mass is 9.46. The number of ether oxygens (including phenoxy) is 1. The Kier molecular flexibility index (Phi) is 3.73. The van der Waals surface area contributed by atoms with Crippen LogP contribution in [0.5, 0.6) is 0 Å². The van der Waals surface area contributed by atoms with Crippen LogP contribution in [0.1, 0.15) is 45.2 Å². The monoisotopic (exact) mass is 303 g/mol. The van der Waals surface area contributed by atoms with Gasteiger partial charge in [-0.1, -0.05) is 19.9 Å². The molecular weight excluding hydrogens is 278 g/mol. The van der Waals surface area contributed by atoms with Crippen molar-refractivity contribution >= 4 is 5.91 Å². The molecule has 3 rings (SSSR count). The van der Waals surface area contributed by atoms with Crippen molar-refractivity contribution in [1.29, 1.82) is 0 Å². The minimum atomic E-state index is -0.867. The zero-order valence-electron chi connectivity index (χ0n) is 13.5. The van der Waals surface area contributed by atoms with E-state index in [1.165, 1.54) is 0 Å². The van der Waals surface area contributed by atoms with Crippen molar-refractivity contribution in [2.24, 2.45) is 17.1 Å². The van der Waals surface area contributed by atoms with E-state index in [0.29, 0.717) is 0 Å². The van der Waals surface area contributed by atoms with Crippen LogP contribution < -0.4 is 11.1 Å². The zero-order valence-corrected chi connectivity index (χ0v) is 13.5. The lowest BCUT2D eigenvalue weighted by Gasteiger charge is -2.65. The van der Waals surface area contributed by atoms with E-state index in [1.54, 1.807) is 12.4 Å². The number of pyridine rings is 1. The van der Waals surface area contributed by atoms with Crippen LogP contribution in [0.25, 0.3) is 0 Å². The summed E-state index contributed by atoms with van der Waals surface area (Å²) in [5.41, 5.74) is 6.36. The Bertz CT molecular complexity index is 560. The van der Waals surface area contributed by atoms with Gasteiger partial charge in [-0.3, -0.25) is 9.78 Å². The predicted octanol–water partition coefficient (Wildman–Crippen LogP) is 1.79. The van der Waals surface area contributed by atoms with Crippen LogP contribution in [-0.2, 0) is 9.53 Å². The number of carbonyl (C=O) groups excluding carboxylic acids is 1. The first-order chi connectivity index (χ1) is 10.4. The molecule has 1 saturated carbocycles. The third-order valence-electron chi connectivity index (χ3n) is 5.59. The Morgan fingerprint density at radius 1 is 1.55 bits per heavy atom. The lowest BCUT2D eigenvalue weighted by molar-refractivity contribution is -0.225. The standard InChI is InChI=1S/C17H25N3O2/c1-11(12-6-4-8-19-10-12)20-15(21)17(18)13-7-5-9-22-14(13)16(17,2)3/h4,6,8,10-11,13-14H,5,7,9,18H2,1-3H3,(H,20,21)/t11-,13?,14?,17?/m0/s1. The van der Waals surface area contributed by atoms with E-state index in [4.69, 9.17) is 10.5 Å². The van der Waals surface area contributed by atoms with Crippen molar-refractivity contribution in [3.8, 4) is 0 Å². The lowest BCUT2D eigenvalue weighted by Crippen LogP contribution is -2.82. The minimum Gasteiger partial charge on any atom is -0.377 e. The van der Waals surface area contributed by atoms with Crippen LogP contribution in [0.4, 0.5) is 0 Å². The molecule has 2 fully saturated rings. The van der Waals surface area contributed by atoms with E-state index >= 15 is 0 Å². The molecule has 4 atom stereocenters. The Balaban J connectivity index is 1.76. The Morgan fingerprint density at radius 3 is 3.00 bits per heavy atom. The molecule has 1 amide bonds. The molecule has 0 bridgehead atoms. The van der Waals surface area contributed by atoms with E-state index in [0.717, 1.165) is 25.0 Å². The molecule has 2 aliphatic rings. The molecule has 2 heterocycles. The van der Waals surface area contributed by atoms with Crippen molar-refractivity contribution in [2.45, 2.75) is 51.3 Å². The van der Waals surface area contributed by atoms with E-state index in [2.05, 4.69) is 10.3 Å². The molecule has 3 unspecified atom stereocenters. The average molecular weight is 303 g/mol. The predicted molar refractivity (Wildman–Crippen MR) is 84.0 cm³/mol. The molecule has 1 aromatic heterocycles. The van der Waals surface area contributed by atoms with Crippen molar-refractivity contribution < 1.29 is 9.53 Å². The fourth-order valence-electron chi connectivity index (χ4n) is 4.07. The molecule has 0 aromatic carbocycles. The molecule has 120 valence electrons. The Morgan fingerprint density at radius 2 is 2.32 bits per heavy atom. The summed E-state index contributed by atoms with van der Waals surface area (Å²) in [6.07, 6.45) is 5.51. The van der Waals surface area contributed by atoms with Gasteiger partial charge in [-0.25, -0.2) is 0 Å². The summed E-state index contributed by atoms with van der Waals surface area (Å²) in [6, 6.07) is 3.72. The summed E-state index contributed by atoms with van der Waals surface area (Å²) in [7, 11) is 0. The maximum atomic E-state index is 12.9. The van der Waals surface area contributed by atoms with Gasteiger partial charge >= 0.3 is 0 Å². The number of aromatic nitrogens is 1. The molecule has 1 aliphatic carbocycles. The molecular formula is C17H25N3O2. The van der Waals surface area contributed by atoms with Gasteiger partial charge in [0.05, 0.1) is 12.1 Å². The van der Waals surface area contributed by atoms with Crippen LogP contribution in [0.3, 0.4) is 0 Å². The number of rotatable bonds is 3. The van der Waals surface area contributed by atoms with Gasteiger partial charge in [-0.05, 0) is 31.4 Å². The largest absolute Gasteiger partial charge is 0.377 e. The highest BCUT2D eigenvalue weighted by Crippen LogP contribution is 2.57. The first-order valence-electron chi connectivity index (χ1n) is 8.00. The summed E-state index contributed by atoms with van der Waals surface area (Å²) in [6.45, 7) is 6.80. The summed E-state index contributed by atoms with van der Waals surface area (Å²) in [5.74, 6) is 0.0259. The average Bonchev–Trinajstić information content (AvgIpc) is 2.54. The topological polar surface area (TPSA) is 77.2 Å². The Labute approximate surface area is 131 Å². The number of amides is 1. The molecule has 0 spiro atoms. The summed E-state index contributed by atoms with van der Waals surface area (Å²) >= 11 is 0. The fraction of sp³-hybridized carbons (Fsp3) is 0.647. The molecule has 22 heavy (non-hydrogen) atoms. The van der Waals surface area contributed by atoms with Crippen molar-refractivity contribution in [1.82, 2.24) is 10.3 Å². The highest BCUT2D eigenvalue weighted by molar-refractivity contribution is 5.89. The number of nitrogens with one attached hydrogen (secondary N) is 1. The smallest absolute Gasteiger partial charge is 0.241 e. The van der Waals surface area contributed by atoms with E-state index < -0.39 is 5.54 Å². The SMILES string of the molecule is C[C@H](NC(=O)C1(N)C2CCCOC2C1(C)C)c1cccnc1. The van der Waals surface area contributed by atoms with Crippen molar-refractivity contribution in [3.63, 3.8) is 0 Å². The van der Waals surface area contributed by atoms with Crippen molar-refractivity contribution in [2.75, 3.05) is 6.61 Å². The maximum Gasteiger partial charge on any atom is 0.241 e. The number of hydrogen-bond acceptors (Lipinski definition) is 4. The number of carbonyl (C=O) groups is 1. The van der Waals surface area contributed by atoms with Crippen LogP contribution in [0.2, 0.25) is 0 Å². The van der Waals surface area contributed by atoms with Gasteiger partial charge in [0.25, 0.3) is 0 Å². The molecule has 0 radical (unpaired) electrons. The van der Waals surface area contributed by atoms with Gasteiger partial charge in [0, 0.05) is 30.3 Å². The zero-order chi connectivity index (χ0) is 16.0. The summed E-state index contributed by atoms with van der Waals surface area (Å²) < 4.78 is 5.86. The Hall–Kier alpha value is -1.46. The number of hydrogen-bond donors (Lipinski definition) is 2. The van der Waals surface area contributed by atoms with Gasteiger partial charge in [0.2, 0.25) is 5.91 Å². The third kappa shape index (κ3) is 2.07. The van der Waals surface area contributed by atoms with Crippen molar-refractivity contribution in [3.05, 3.63) is 30.1 Å². The number of nitrogens with two attached hydrogens (primary N) is 1. The molecule has 3 N–H and O–H groups in total. The van der Waals surface area contributed by atoms with Gasteiger partial charge in [0.1, 0.15) is 5.54 Å². The number of fused-ring (bicyclic) bond motifs is 1. The normalized spacial score (nSPS) is 34.2. The van der Waals surface area contributed by atoms with Crippen LogP contribution in [0, 0.1) is 11.3 Å². The first kappa shape index (κ1) is 15.4. The minimum absolute atomic E-state index is 0.0828. The van der Waals surface area contributed by atoms with E-state index in [1.807, 2.05) is 32.9 Å². The van der Waals surface area contributed by atoms with E-state index in [9.17, 15) is 4.79 Å². The van der Waals surface area contributed by atoms with E-state index in [-0.39, 0.29) is 29.4 Å². The molecule has 1 saturated heterocycles. The second-order valence-electron chi connectivity index (χ2n) is 7.11. The van der Waals surface area contributed by atoms with Gasteiger partial charge in [0.15, 0.2) is 0 Å². The molecule has 1 aromatic rings. The van der Waals surface area contributed by atoms with Gasteiger partial charge in [-0.15, -0.1) is 0 Å². The molecule has 5 heteroatoms. The quantitative estimate of drug-likeness (QED) is 0.892. The first-order valence-corrected chi connectivity index (χ1v) is 8.00. The van der Waals surface area contributed by atoms with Crippen LogP contribution >= 0.6 is 0 Å². The highest BCUT2D eigenvalue weighted by Gasteiger charge is 2.70. The molecule has 5 nitrogen and oxygen atoms in total. The fourth-order valence-corrected chi connectivity index (χ4v) is 4.07. The van der Waals surface area contributed by atoms with Crippen LogP contribution in [-0.4, -0.2) is 29.1 Å². The second-order valence-corrected chi connectivity index (χ2v) is 7.11. The van der Waals surface area contributed by atoms with Gasteiger partial charge in [-0.2, -0.15) is 0 Å². The summed E-state index contributed by atoms with van der Waals surface area (Å²) in [5, 5.41) is 3.07. The second kappa shape index (κ2) is 5.32. The number of nitrogens with zero attached hydrogens (tertiary/aromatic N) is 1. The highest BCUT2D eigenvalue weighted by atomic mass is 16.5. The maximum absolute atomic E-state index is 12.9. The molecule has 1 aliphatic heterocycles.